The van der Waals surface area contributed by atoms with Crippen LogP contribution in [0.4, 0.5) is 14.5 Å². The SMILES string of the molecule is CCCCc1cc(=O)oc2c3c(ccc12)OCN(c1ccc(F)cc1F)C3. The van der Waals surface area contributed by atoms with E-state index in [0.717, 1.165) is 36.3 Å². The molecule has 0 unspecified atom stereocenters. The van der Waals surface area contributed by atoms with Gasteiger partial charge in [-0.15, -0.1) is 0 Å². The number of unbranched alkanes of at least 4 members (excludes halogenated alkanes) is 1. The molecular formula is C21H19F2NO3. The Morgan fingerprint density at radius 2 is 2.00 bits per heavy atom. The van der Waals surface area contributed by atoms with Gasteiger partial charge in [-0.3, -0.25) is 0 Å². The zero-order chi connectivity index (χ0) is 19.0. The molecule has 0 aliphatic carbocycles. The molecule has 0 saturated carbocycles. The van der Waals surface area contributed by atoms with Crippen LogP contribution in [0, 0.1) is 11.6 Å². The number of rotatable bonds is 4. The van der Waals surface area contributed by atoms with Crippen molar-refractivity contribution < 1.29 is 17.9 Å². The highest BCUT2D eigenvalue weighted by Crippen LogP contribution is 2.35. The van der Waals surface area contributed by atoms with Crippen LogP contribution in [0.5, 0.6) is 5.75 Å². The second kappa shape index (κ2) is 7.02. The van der Waals surface area contributed by atoms with Gasteiger partial charge in [0.05, 0.1) is 17.8 Å². The highest BCUT2D eigenvalue weighted by Gasteiger charge is 2.24. The maximum Gasteiger partial charge on any atom is 0.336 e. The molecule has 0 radical (unpaired) electrons. The fourth-order valence-electron chi connectivity index (χ4n) is 3.46. The van der Waals surface area contributed by atoms with Gasteiger partial charge in [-0.25, -0.2) is 13.6 Å². The lowest BCUT2D eigenvalue weighted by molar-refractivity contribution is 0.287. The van der Waals surface area contributed by atoms with E-state index in [-0.39, 0.29) is 12.4 Å². The summed E-state index contributed by atoms with van der Waals surface area (Å²) in [6.07, 6.45) is 2.78. The Morgan fingerprint density at radius 3 is 2.78 bits per heavy atom. The van der Waals surface area contributed by atoms with Crippen molar-refractivity contribution in [2.45, 2.75) is 32.7 Å². The van der Waals surface area contributed by atoms with Gasteiger partial charge >= 0.3 is 5.63 Å². The second-order valence-corrected chi connectivity index (χ2v) is 6.68. The summed E-state index contributed by atoms with van der Waals surface area (Å²) in [4.78, 5) is 13.7. The number of nitrogens with zero attached hydrogens (tertiary/aromatic N) is 1. The van der Waals surface area contributed by atoms with Crippen LogP contribution in [-0.2, 0) is 13.0 Å². The summed E-state index contributed by atoms with van der Waals surface area (Å²) in [6.45, 7) is 2.52. The molecule has 140 valence electrons. The molecule has 2 heterocycles. The van der Waals surface area contributed by atoms with E-state index < -0.39 is 17.3 Å². The molecule has 1 aromatic heterocycles. The van der Waals surface area contributed by atoms with Gasteiger partial charge in [0.25, 0.3) is 0 Å². The lowest BCUT2D eigenvalue weighted by Crippen LogP contribution is -2.32. The first-order valence-corrected chi connectivity index (χ1v) is 8.98. The summed E-state index contributed by atoms with van der Waals surface area (Å²) in [5, 5.41) is 0.867. The minimum absolute atomic E-state index is 0.126. The van der Waals surface area contributed by atoms with E-state index in [2.05, 4.69) is 6.92 Å². The van der Waals surface area contributed by atoms with Crippen LogP contribution < -0.4 is 15.3 Å². The quantitative estimate of drug-likeness (QED) is 0.620. The second-order valence-electron chi connectivity index (χ2n) is 6.68. The number of hydrogen-bond acceptors (Lipinski definition) is 4. The van der Waals surface area contributed by atoms with Gasteiger partial charge in [0.1, 0.15) is 23.0 Å². The monoisotopic (exact) mass is 371 g/mol. The zero-order valence-electron chi connectivity index (χ0n) is 14.9. The molecule has 4 nitrogen and oxygen atoms in total. The third-order valence-corrected chi connectivity index (χ3v) is 4.83. The van der Waals surface area contributed by atoms with Gasteiger partial charge in [0.2, 0.25) is 0 Å². The van der Waals surface area contributed by atoms with E-state index >= 15 is 0 Å². The van der Waals surface area contributed by atoms with E-state index in [0.29, 0.717) is 23.4 Å². The van der Waals surface area contributed by atoms with Crippen LogP contribution >= 0.6 is 0 Å². The van der Waals surface area contributed by atoms with Crippen LogP contribution in [0.1, 0.15) is 30.9 Å². The fourth-order valence-corrected chi connectivity index (χ4v) is 3.46. The molecule has 2 aromatic carbocycles. The highest BCUT2D eigenvalue weighted by atomic mass is 19.1. The van der Waals surface area contributed by atoms with Crippen LogP contribution in [0.2, 0.25) is 0 Å². The van der Waals surface area contributed by atoms with Gasteiger partial charge in [-0.2, -0.15) is 0 Å². The van der Waals surface area contributed by atoms with Crippen LogP contribution in [0.15, 0.2) is 45.6 Å². The topological polar surface area (TPSA) is 42.7 Å². The summed E-state index contributed by atoms with van der Waals surface area (Å²) in [5.74, 6) is -0.684. The normalized spacial score (nSPS) is 13.5. The molecule has 0 bridgehead atoms. The molecule has 6 heteroatoms. The van der Waals surface area contributed by atoms with Crippen molar-refractivity contribution in [2.24, 2.45) is 0 Å². The number of anilines is 1. The molecule has 0 spiro atoms. The third kappa shape index (κ3) is 3.27. The summed E-state index contributed by atoms with van der Waals surface area (Å²) in [7, 11) is 0. The number of fused-ring (bicyclic) bond motifs is 3. The van der Waals surface area contributed by atoms with Crippen molar-refractivity contribution in [3.63, 3.8) is 0 Å². The zero-order valence-corrected chi connectivity index (χ0v) is 14.9. The van der Waals surface area contributed by atoms with Gasteiger partial charge < -0.3 is 14.1 Å². The molecule has 1 aliphatic rings. The van der Waals surface area contributed by atoms with Crippen molar-refractivity contribution >= 4 is 16.7 Å². The number of hydrogen-bond donors (Lipinski definition) is 0. The smallest absolute Gasteiger partial charge is 0.336 e. The Kier molecular flexibility index (Phi) is 4.56. The lowest BCUT2D eigenvalue weighted by atomic mass is 10.0. The number of aryl methyl sites for hydroxylation is 1. The molecular weight excluding hydrogens is 352 g/mol. The Balaban J connectivity index is 1.79. The van der Waals surface area contributed by atoms with Crippen molar-refractivity contribution in [1.82, 2.24) is 0 Å². The molecule has 3 aromatic rings. The molecule has 0 atom stereocenters. The third-order valence-electron chi connectivity index (χ3n) is 4.83. The number of ether oxygens (including phenoxy) is 1. The van der Waals surface area contributed by atoms with Gasteiger partial charge in [0, 0.05) is 17.5 Å². The molecule has 27 heavy (non-hydrogen) atoms. The summed E-state index contributed by atoms with van der Waals surface area (Å²) < 4.78 is 38.6. The first kappa shape index (κ1) is 17.5. The van der Waals surface area contributed by atoms with E-state index in [1.54, 1.807) is 4.90 Å². The predicted octanol–water partition coefficient (Wildman–Crippen LogP) is 4.77. The van der Waals surface area contributed by atoms with Crippen LogP contribution in [0.3, 0.4) is 0 Å². The minimum atomic E-state index is -0.660. The molecule has 0 saturated heterocycles. The van der Waals surface area contributed by atoms with Crippen molar-refractivity contribution in [2.75, 3.05) is 11.6 Å². The van der Waals surface area contributed by atoms with Crippen LogP contribution in [-0.4, -0.2) is 6.73 Å². The van der Waals surface area contributed by atoms with E-state index in [1.807, 2.05) is 12.1 Å². The Morgan fingerprint density at radius 1 is 1.15 bits per heavy atom. The molecule has 0 fully saturated rings. The van der Waals surface area contributed by atoms with Crippen molar-refractivity contribution in [3.05, 3.63) is 69.6 Å². The molecule has 0 amide bonds. The van der Waals surface area contributed by atoms with E-state index in [1.165, 1.54) is 18.2 Å². The van der Waals surface area contributed by atoms with Crippen molar-refractivity contribution in [3.8, 4) is 5.75 Å². The van der Waals surface area contributed by atoms with Crippen molar-refractivity contribution in [1.29, 1.82) is 0 Å². The fraction of sp³-hybridized carbons (Fsp3) is 0.286. The van der Waals surface area contributed by atoms with Crippen LogP contribution in [0.25, 0.3) is 11.0 Å². The average molecular weight is 371 g/mol. The van der Waals surface area contributed by atoms with E-state index in [4.69, 9.17) is 9.15 Å². The maximum atomic E-state index is 14.2. The largest absolute Gasteiger partial charge is 0.473 e. The Bertz CT molecular complexity index is 1060. The first-order valence-electron chi connectivity index (χ1n) is 8.98. The van der Waals surface area contributed by atoms with Gasteiger partial charge in [-0.1, -0.05) is 13.3 Å². The lowest BCUT2D eigenvalue weighted by Gasteiger charge is -2.31. The predicted molar refractivity (Wildman–Crippen MR) is 99.1 cm³/mol. The molecule has 4 rings (SSSR count). The van der Waals surface area contributed by atoms with Gasteiger partial charge in [-0.05, 0) is 42.7 Å². The standard InChI is InChI=1S/C21H19F2NO3/c1-2-3-4-13-9-20(25)27-21-15(13)6-8-19-16(21)11-24(12-26-19)18-7-5-14(22)10-17(18)23/h5-10H,2-4,11-12H2,1H3. The van der Waals surface area contributed by atoms with Gasteiger partial charge in [0.15, 0.2) is 6.73 Å². The maximum absolute atomic E-state index is 14.2. The molecule has 0 N–H and O–H groups in total. The average Bonchev–Trinajstić information content (AvgIpc) is 2.65. The molecule has 1 aliphatic heterocycles. The van der Waals surface area contributed by atoms with E-state index in [9.17, 15) is 13.6 Å². The Hall–Kier alpha value is -2.89. The highest BCUT2D eigenvalue weighted by molar-refractivity contribution is 5.85. The number of benzene rings is 2. The minimum Gasteiger partial charge on any atom is -0.473 e. The summed E-state index contributed by atoms with van der Waals surface area (Å²) in [5.41, 5.74) is 1.93. The summed E-state index contributed by atoms with van der Waals surface area (Å²) in [6, 6.07) is 8.72. The Labute approximate surface area is 155 Å². The first-order chi connectivity index (χ1) is 13.1. The number of halogens is 2. The summed E-state index contributed by atoms with van der Waals surface area (Å²) >= 11 is 0.